The van der Waals surface area contributed by atoms with Gasteiger partial charge in [-0.15, -0.1) is 0 Å². The number of nitrogens with zero attached hydrogens (tertiary/aromatic N) is 3. The molecule has 3 nitrogen and oxygen atoms in total. The van der Waals surface area contributed by atoms with E-state index in [1.807, 2.05) is 13.8 Å². The van der Waals surface area contributed by atoms with E-state index in [4.69, 9.17) is 15.0 Å². The first-order valence-corrected chi connectivity index (χ1v) is 12.2. The first-order chi connectivity index (χ1) is 17.6. The van der Waals surface area contributed by atoms with Crippen molar-refractivity contribution in [2.24, 2.45) is 0 Å². The molecule has 4 aromatic carbocycles. The number of hydrogen-bond acceptors (Lipinski definition) is 3. The molecule has 0 amide bonds. The minimum Gasteiger partial charge on any atom is -0.251 e. The molecule has 0 aliphatic carbocycles. The maximum absolute atomic E-state index is 5.04. The summed E-state index contributed by atoms with van der Waals surface area (Å²) < 4.78 is 0. The Bertz CT molecular complexity index is 1970. The van der Waals surface area contributed by atoms with E-state index in [0.29, 0.717) is 0 Å². The Kier molecular flexibility index (Phi) is 4.58. The first-order valence-electron chi connectivity index (χ1n) is 12.2. The summed E-state index contributed by atoms with van der Waals surface area (Å²) in [5.74, 6) is 0. The topological polar surface area (TPSA) is 38.7 Å². The predicted molar refractivity (Wildman–Crippen MR) is 150 cm³/mol. The van der Waals surface area contributed by atoms with E-state index >= 15 is 0 Å². The maximum atomic E-state index is 5.04. The molecule has 0 aliphatic rings. The number of hydrogen-bond donors (Lipinski definition) is 0. The van der Waals surface area contributed by atoms with Crippen molar-refractivity contribution >= 4 is 43.5 Å². The van der Waals surface area contributed by atoms with Gasteiger partial charge in [-0.25, -0.2) is 4.98 Å². The standard InChI is InChI=1S/C33H23N3/c1-20-10-12-27-18-29(28-14-11-21(2)35-33(28)32(27)34-20)24-8-5-9-25(17-24)30-15-13-26-16-22-6-3-4-7-23(22)19-31(26)36-30/h3-19H,1-2H3. The SMILES string of the molecule is Cc1ccc2cc(-c3cccc(-c4ccc5cc6ccccc6cc5n4)c3)c3ccc(C)nc3c2n1. The number of pyridine rings is 3. The third kappa shape index (κ3) is 3.40. The molecule has 7 rings (SSSR count). The minimum absolute atomic E-state index is 0.951. The molecule has 3 heteroatoms. The fraction of sp³-hybridized carbons (Fsp3) is 0.0606. The lowest BCUT2D eigenvalue weighted by molar-refractivity contribution is 1.23. The molecule has 3 heterocycles. The van der Waals surface area contributed by atoms with Gasteiger partial charge in [0.25, 0.3) is 0 Å². The lowest BCUT2D eigenvalue weighted by atomic mass is 9.95. The lowest BCUT2D eigenvalue weighted by Crippen LogP contribution is -1.93. The zero-order chi connectivity index (χ0) is 24.2. The molecule has 0 atom stereocenters. The highest BCUT2D eigenvalue weighted by atomic mass is 14.8. The second-order valence-electron chi connectivity index (χ2n) is 9.47. The van der Waals surface area contributed by atoms with E-state index in [2.05, 4.69) is 103 Å². The molecule has 0 bridgehead atoms. The second-order valence-corrected chi connectivity index (χ2v) is 9.47. The highest BCUT2D eigenvalue weighted by Crippen LogP contribution is 2.35. The van der Waals surface area contributed by atoms with Gasteiger partial charge in [0.15, 0.2) is 0 Å². The van der Waals surface area contributed by atoms with Gasteiger partial charge in [0, 0.05) is 33.1 Å². The maximum Gasteiger partial charge on any atom is 0.0974 e. The van der Waals surface area contributed by atoms with Crippen LogP contribution in [0.5, 0.6) is 0 Å². The molecular weight excluding hydrogens is 438 g/mol. The summed E-state index contributed by atoms with van der Waals surface area (Å²) in [7, 11) is 0. The fourth-order valence-corrected chi connectivity index (χ4v) is 5.12. The Labute approximate surface area is 209 Å². The monoisotopic (exact) mass is 461 g/mol. The van der Waals surface area contributed by atoms with Crippen LogP contribution in [0.1, 0.15) is 11.4 Å². The summed E-state index contributed by atoms with van der Waals surface area (Å²) in [6.07, 6.45) is 0. The Morgan fingerprint density at radius 2 is 1.19 bits per heavy atom. The van der Waals surface area contributed by atoms with Crippen molar-refractivity contribution in [3.63, 3.8) is 0 Å². The molecule has 0 saturated carbocycles. The van der Waals surface area contributed by atoms with E-state index in [-0.39, 0.29) is 0 Å². The summed E-state index contributed by atoms with van der Waals surface area (Å²) >= 11 is 0. The number of aromatic nitrogens is 3. The molecule has 36 heavy (non-hydrogen) atoms. The van der Waals surface area contributed by atoms with Crippen molar-refractivity contribution in [1.29, 1.82) is 0 Å². The van der Waals surface area contributed by atoms with Crippen molar-refractivity contribution in [3.05, 3.63) is 115 Å². The van der Waals surface area contributed by atoms with Gasteiger partial charge < -0.3 is 0 Å². The van der Waals surface area contributed by atoms with Gasteiger partial charge in [0.05, 0.1) is 22.2 Å². The highest BCUT2D eigenvalue weighted by molar-refractivity contribution is 6.10. The van der Waals surface area contributed by atoms with Crippen LogP contribution in [0.3, 0.4) is 0 Å². The Hall–Kier alpha value is -4.63. The van der Waals surface area contributed by atoms with Crippen LogP contribution in [0.2, 0.25) is 0 Å². The molecule has 0 saturated heterocycles. The molecule has 3 aromatic heterocycles. The molecule has 0 unspecified atom stereocenters. The minimum atomic E-state index is 0.951. The van der Waals surface area contributed by atoms with Crippen molar-refractivity contribution in [2.45, 2.75) is 13.8 Å². The second kappa shape index (κ2) is 7.96. The average Bonchev–Trinajstić information content (AvgIpc) is 2.91. The Balaban J connectivity index is 1.41. The van der Waals surface area contributed by atoms with E-state index in [1.54, 1.807) is 0 Å². The number of aryl methyl sites for hydroxylation is 2. The molecule has 0 aliphatic heterocycles. The summed E-state index contributed by atoms with van der Waals surface area (Å²) in [6, 6.07) is 36.4. The quantitative estimate of drug-likeness (QED) is 0.191. The molecule has 0 radical (unpaired) electrons. The van der Waals surface area contributed by atoms with E-state index in [9.17, 15) is 0 Å². The van der Waals surface area contributed by atoms with Crippen LogP contribution in [0, 0.1) is 13.8 Å². The lowest BCUT2D eigenvalue weighted by Gasteiger charge is -2.12. The molecule has 7 aromatic rings. The molecule has 0 fully saturated rings. The summed E-state index contributed by atoms with van der Waals surface area (Å²) in [4.78, 5) is 14.8. The van der Waals surface area contributed by atoms with Crippen LogP contribution in [-0.4, -0.2) is 15.0 Å². The summed E-state index contributed by atoms with van der Waals surface area (Å²) in [6.45, 7) is 4.06. The number of fused-ring (bicyclic) bond motifs is 5. The normalized spacial score (nSPS) is 11.6. The van der Waals surface area contributed by atoms with Crippen LogP contribution in [0.4, 0.5) is 0 Å². The smallest absolute Gasteiger partial charge is 0.0974 e. The van der Waals surface area contributed by atoms with Crippen molar-refractivity contribution < 1.29 is 0 Å². The third-order valence-electron chi connectivity index (χ3n) is 6.94. The van der Waals surface area contributed by atoms with Crippen molar-refractivity contribution in [1.82, 2.24) is 15.0 Å². The Morgan fingerprint density at radius 1 is 0.472 bits per heavy atom. The fourth-order valence-electron chi connectivity index (χ4n) is 5.12. The third-order valence-corrected chi connectivity index (χ3v) is 6.94. The molecule has 0 spiro atoms. The van der Waals surface area contributed by atoms with Crippen LogP contribution in [-0.2, 0) is 0 Å². The van der Waals surface area contributed by atoms with Gasteiger partial charge in [-0.2, -0.15) is 0 Å². The van der Waals surface area contributed by atoms with Gasteiger partial charge in [-0.3, -0.25) is 9.97 Å². The van der Waals surface area contributed by atoms with Gasteiger partial charge in [-0.1, -0.05) is 60.7 Å². The molecular formula is C33H23N3. The van der Waals surface area contributed by atoms with Crippen molar-refractivity contribution in [3.8, 4) is 22.4 Å². The number of rotatable bonds is 2. The van der Waals surface area contributed by atoms with E-state index < -0.39 is 0 Å². The predicted octanol–water partition coefficient (Wildman–Crippen LogP) is 8.44. The van der Waals surface area contributed by atoms with Crippen LogP contribution < -0.4 is 0 Å². The average molecular weight is 462 g/mol. The zero-order valence-electron chi connectivity index (χ0n) is 20.2. The van der Waals surface area contributed by atoms with Gasteiger partial charge in [0.1, 0.15) is 0 Å². The van der Waals surface area contributed by atoms with Gasteiger partial charge >= 0.3 is 0 Å². The van der Waals surface area contributed by atoms with Gasteiger partial charge in [-0.05, 0) is 78.2 Å². The molecule has 170 valence electrons. The largest absolute Gasteiger partial charge is 0.251 e. The van der Waals surface area contributed by atoms with E-state index in [1.165, 1.54) is 10.8 Å². The van der Waals surface area contributed by atoms with Crippen LogP contribution in [0.25, 0.3) is 65.9 Å². The van der Waals surface area contributed by atoms with Crippen LogP contribution >= 0.6 is 0 Å². The Morgan fingerprint density at radius 3 is 2.06 bits per heavy atom. The summed E-state index contributed by atoms with van der Waals surface area (Å²) in [5, 5.41) is 5.80. The van der Waals surface area contributed by atoms with Crippen molar-refractivity contribution in [2.75, 3.05) is 0 Å². The summed E-state index contributed by atoms with van der Waals surface area (Å²) in [5.41, 5.74) is 9.27. The highest BCUT2D eigenvalue weighted by Gasteiger charge is 2.13. The first kappa shape index (κ1) is 20.7. The zero-order valence-corrected chi connectivity index (χ0v) is 20.2. The van der Waals surface area contributed by atoms with Crippen LogP contribution in [0.15, 0.2) is 103 Å². The number of benzene rings is 4. The van der Waals surface area contributed by atoms with E-state index in [0.717, 1.165) is 66.5 Å². The van der Waals surface area contributed by atoms with Gasteiger partial charge in [0.2, 0.25) is 0 Å². The molecule has 0 N–H and O–H groups in total.